The topological polar surface area (TPSA) is 204 Å². The second-order valence-electron chi connectivity index (χ2n) is 11.6. The number of aromatic hydroxyl groups is 1. The van der Waals surface area contributed by atoms with Crippen LogP contribution in [0.3, 0.4) is 0 Å². The number of guanidine groups is 1. The van der Waals surface area contributed by atoms with E-state index < -0.39 is 24.2 Å². The highest BCUT2D eigenvalue weighted by Gasteiger charge is 2.50. The fourth-order valence-electron chi connectivity index (χ4n) is 6.09. The standard InChI is InChI=1S/C30H48N6O6/c1-2-3-4-7-27(40)35-24(15-19-8-11-22(38)12-9-19)29(42)36-25-17-23(39)13-10-20(25)16-26(36)28(41)34-21(18-37)6-5-14-33-30(31)32/h8-9,11-12,20-21,23-26,37-39H,2-7,10,13-18H2,1H3,(H,34,41)(H,35,40)(H4,31,32,33)/t20-,21-,23-,24-,25-,26-/m0/s1. The largest absolute Gasteiger partial charge is 0.508 e. The van der Waals surface area contributed by atoms with E-state index in [1.807, 2.05) is 6.92 Å². The number of aliphatic hydroxyl groups excluding tert-OH is 2. The summed E-state index contributed by atoms with van der Waals surface area (Å²) in [6.45, 7) is 2.13. The summed E-state index contributed by atoms with van der Waals surface area (Å²) in [4.78, 5) is 46.4. The molecular weight excluding hydrogens is 540 g/mol. The lowest BCUT2D eigenvalue weighted by molar-refractivity contribution is -0.144. The molecule has 6 atom stereocenters. The maximum absolute atomic E-state index is 14.3. The molecule has 3 rings (SSSR count). The van der Waals surface area contributed by atoms with Crippen LogP contribution >= 0.6 is 0 Å². The molecule has 234 valence electrons. The number of hydrogen-bond acceptors (Lipinski definition) is 7. The molecule has 0 spiro atoms. The van der Waals surface area contributed by atoms with E-state index in [0.717, 1.165) is 18.4 Å². The first-order valence-electron chi connectivity index (χ1n) is 15.2. The number of nitrogens with one attached hydrogen (secondary N) is 2. The number of rotatable bonds is 15. The van der Waals surface area contributed by atoms with Crippen molar-refractivity contribution in [3.05, 3.63) is 29.8 Å². The minimum atomic E-state index is -0.926. The Morgan fingerprint density at radius 1 is 1.07 bits per heavy atom. The van der Waals surface area contributed by atoms with Crippen molar-refractivity contribution in [3.63, 3.8) is 0 Å². The van der Waals surface area contributed by atoms with Crippen LogP contribution in [0.5, 0.6) is 5.75 Å². The van der Waals surface area contributed by atoms with Crippen LogP contribution in [0.15, 0.2) is 29.3 Å². The Morgan fingerprint density at radius 2 is 1.81 bits per heavy atom. The highest BCUT2D eigenvalue weighted by atomic mass is 16.3. The van der Waals surface area contributed by atoms with E-state index >= 15 is 0 Å². The lowest BCUT2D eigenvalue weighted by Crippen LogP contribution is -2.58. The van der Waals surface area contributed by atoms with Gasteiger partial charge in [0.2, 0.25) is 17.7 Å². The van der Waals surface area contributed by atoms with Gasteiger partial charge in [0.25, 0.3) is 0 Å². The monoisotopic (exact) mass is 588 g/mol. The number of aliphatic hydroxyl groups is 2. The van der Waals surface area contributed by atoms with Crippen LogP contribution in [0, 0.1) is 5.92 Å². The van der Waals surface area contributed by atoms with Gasteiger partial charge in [-0.25, -0.2) is 0 Å². The van der Waals surface area contributed by atoms with Gasteiger partial charge in [-0.2, -0.15) is 0 Å². The number of fused-ring (bicyclic) bond motifs is 1. The summed E-state index contributed by atoms with van der Waals surface area (Å²) in [7, 11) is 0. The van der Waals surface area contributed by atoms with E-state index in [2.05, 4.69) is 15.6 Å². The van der Waals surface area contributed by atoms with Gasteiger partial charge >= 0.3 is 0 Å². The van der Waals surface area contributed by atoms with Crippen LogP contribution in [0.4, 0.5) is 0 Å². The Morgan fingerprint density at radius 3 is 2.48 bits per heavy atom. The van der Waals surface area contributed by atoms with Gasteiger partial charge < -0.3 is 42.3 Å². The average molecular weight is 589 g/mol. The third-order valence-electron chi connectivity index (χ3n) is 8.29. The maximum atomic E-state index is 14.3. The molecule has 1 aromatic carbocycles. The molecule has 0 aromatic heterocycles. The quantitative estimate of drug-likeness (QED) is 0.0879. The van der Waals surface area contributed by atoms with Gasteiger partial charge in [-0.3, -0.25) is 19.4 Å². The molecule has 2 fully saturated rings. The number of phenolic OH excluding ortho intramolecular Hbond substituents is 1. The fourth-order valence-corrected chi connectivity index (χ4v) is 6.09. The molecule has 1 saturated heterocycles. The Balaban J connectivity index is 1.83. The van der Waals surface area contributed by atoms with Crippen molar-refractivity contribution in [2.24, 2.45) is 22.4 Å². The lowest BCUT2D eigenvalue weighted by atomic mass is 9.83. The smallest absolute Gasteiger partial charge is 0.246 e. The Kier molecular flexibility index (Phi) is 12.9. The van der Waals surface area contributed by atoms with Crippen molar-refractivity contribution >= 4 is 23.7 Å². The Labute approximate surface area is 247 Å². The zero-order valence-electron chi connectivity index (χ0n) is 24.6. The highest BCUT2D eigenvalue weighted by molar-refractivity contribution is 5.93. The molecular formula is C30H48N6O6. The highest BCUT2D eigenvalue weighted by Crippen LogP contribution is 2.40. The van der Waals surface area contributed by atoms with Crippen molar-refractivity contribution < 1.29 is 29.7 Å². The molecule has 1 heterocycles. The predicted molar refractivity (Wildman–Crippen MR) is 159 cm³/mol. The zero-order chi connectivity index (χ0) is 30.6. The Bertz CT molecular complexity index is 1060. The molecule has 3 amide bonds. The molecule has 9 N–H and O–H groups in total. The van der Waals surface area contributed by atoms with E-state index in [1.165, 1.54) is 12.1 Å². The molecule has 1 aliphatic heterocycles. The summed E-state index contributed by atoms with van der Waals surface area (Å²) in [6, 6.07) is 3.86. The molecule has 0 bridgehead atoms. The van der Waals surface area contributed by atoms with Gasteiger partial charge in [-0.15, -0.1) is 0 Å². The van der Waals surface area contributed by atoms with Crippen molar-refractivity contribution in [2.75, 3.05) is 13.2 Å². The van der Waals surface area contributed by atoms with Crippen molar-refractivity contribution in [3.8, 4) is 5.75 Å². The van der Waals surface area contributed by atoms with Crippen LogP contribution < -0.4 is 22.1 Å². The van der Waals surface area contributed by atoms with Crippen LogP contribution in [-0.4, -0.2) is 87.3 Å². The number of nitrogens with two attached hydrogens (primary N) is 2. The van der Waals surface area contributed by atoms with E-state index in [0.29, 0.717) is 57.9 Å². The number of unbranched alkanes of at least 4 members (excludes halogenated alkanes) is 2. The van der Waals surface area contributed by atoms with E-state index in [4.69, 9.17) is 11.5 Å². The molecule has 12 nitrogen and oxygen atoms in total. The number of benzene rings is 1. The summed E-state index contributed by atoms with van der Waals surface area (Å²) in [6.07, 6.45) is 5.56. The number of likely N-dealkylation sites (tertiary alicyclic amines) is 1. The summed E-state index contributed by atoms with van der Waals surface area (Å²) in [5, 5.41) is 36.0. The molecule has 1 saturated carbocycles. The summed E-state index contributed by atoms with van der Waals surface area (Å²) < 4.78 is 0. The van der Waals surface area contributed by atoms with Crippen LogP contribution in [0.25, 0.3) is 0 Å². The van der Waals surface area contributed by atoms with E-state index in [9.17, 15) is 29.7 Å². The molecule has 12 heteroatoms. The number of carbonyl (C=O) groups is 3. The SMILES string of the molecule is CCCCCC(=O)N[C@@H](Cc1ccc(O)cc1)C(=O)N1[C@H](C(=O)N[C@H](CO)CCCN=C(N)N)C[C@@H]2CC[C@H](O)C[C@@H]21. The number of hydrogen-bond donors (Lipinski definition) is 7. The third kappa shape index (κ3) is 9.59. The molecule has 2 aliphatic rings. The second-order valence-corrected chi connectivity index (χ2v) is 11.6. The van der Waals surface area contributed by atoms with Crippen molar-refractivity contribution in [1.82, 2.24) is 15.5 Å². The van der Waals surface area contributed by atoms with Crippen LogP contribution in [0.2, 0.25) is 0 Å². The number of aliphatic imine (C=N–C) groups is 1. The lowest BCUT2D eigenvalue weighted by Gasteiger charge is -2.37. The van der Waals surface area contributed by atoms with Crippen LogP contribution in [0.1, 0.15) is 76.7 Å². The average Bonchev–Trinajstić information content (AvgIpc) is 3.33. The van der Waals surface area contributed by atoms with Gasteiger partial charge in [0.1, 0.15) is 17.8 Å². The molecule has 1 aromatic rings. The first-order valence-corrected chi connectivity index (χ1v) is 15.2. The minimum absolute atomic E-state index is 0.0243. The summed E-state index contributed by atoms with van der Waals surface area (Å²) >= 11 is 0. The molecule has 1 aliphatic carbocycles. The van der Waals surface area contributed by atoms with Crippen LogP contribution in [-0.2, 0) is 20.8 Å². The summed E-state index contributed by atoms with van der Waals surface area (Å²) in [5.41, 5.74) is 11.5. The molecule has 0 radical (unpaired) electrons. The van der Waals surface area contributed by atoms with Crippen molar-refractivity contribution in [2.45, 2.75) is 108 Å². The first-order chi connectivity index (χ1) is 20.1. The predicted octanol–water partition coefficient (Wildman–Crippen LogP) is 0.661. The Hall–Kier alpha value is -3.38. The van der Waals surface area contributed by atoms with Crippen molar-refractivity contribution in [1.29, 1.82) is 0 Å². The van der Waals surface area contributed by atoms with Gasteiger partial charge in [0.05, 0.1) is 18.8 Å². The zero-order valence-corrected chi connectivity index (χ0v) is 24.6. The fraction of sp³-hybridized carbons (Fsp3) is 0.667. The third-order valence-corrected chi connectivity index (χ3v) is 8.29. The second kappa shape index (κ2) is 16.3. The summed E-state index contributed by atoms with van der Waals surface area (Å²) in [5.74, 6) is -0.868. The number of carbonyl (C=O) groups excluding carboxylic acids is 3. The number of phenols is 1. The normalized spacial score (nSPS) is 23.0. The van der Waals surface area contributed by atoms with Gasteiger partial charge in [0, 0.05) is 25.4 Å². The van der Waals surface area contributed by atoms with E-state index in [1.54, 1.807) is 17.0 Å². The van der Waals surface area contributed by atoms with Gasteiger partial charge in [-0.1, -0.05) is 31.9 Å². The number of nitrogens with zero attached hydrogens (tertiary/aromatic N) is 2. The minimum Gasteiger partial charge on any atom is -0.508 e. The maximum Gasteiger partial charge on any atom is 0.246 e. The number of amides is 3. The van der Waals surface area contributed by atoms with Gasteiger partial charge in [0.15, 0.2) is 5.96 Å². The van der Waals surface area contributed by atoms with E-state index in [-0.39, 0.29) is 54.4 Å². The molecule has 42 heavy (non-hydrogen) atoms. The van der Waals surface area contributed by atoms with Gasteiger partial charge in [-0.05, 0) is 68.6 Å². The first kappa shape index (κ1) is 33.1. The molecule has 0 unspecified atom stereocenters.